The average molecular weight is 636 g/mol. The van der Waals surface area contributed by atoms with Crippen molar-refractivity contribution in [2.75, 3.05) is 4.90 Å². The molecule has 9 nitrogen and oxygen atoms in total. The van der Waals surface area contributed by atoms with Gasteiger partial charge < -0.3 is 4.74 Å². The quantitative estimate of drug-likeness (QED) is 0.252. The Kier molecular flexibility index (Phi) is 6.56. The smallest absolute Gasteiger partial charge is 0.328 e. The molecule has 10 heteroatoms. The van der Waals surface area contributed by atoms with Gasteiger partial charge in [-0.2, -0.15) is 0 Å². The van der Waals surface area contributed by atoms with Gasteiger partial charge in [0.25, 0.3) is 11.7 Å². The van der Waals surface area contributed by atoms with Gasteiger partial charge in [0, 0.05) is 22.7 Å². The van der Waals surface area contributed by atoms with E-state index in [4.69, 9.17) is 4.74 Å². The number of anilines is 1. The van der Waals surface area contributed by atoms with E-state index in [1.807, 2.05) is 0 Å². The second-order valence-corrected chi connectivity index (χ2v) is 14.2. The zero-order valence-electron chi connectivity index (χ0n) is 24.0. The highest BCUT2D eigenvalue weighted by molar-refractivity contribution is 9.10. The van der Waals surface area contributed by atoms with Gasteiger partial charge in [0.1, 0.15) is 24.1 Å². The molecule has 1 aromatic heterocycles. The monoisotopic (exact) mass is 634 g/mol. The van der Waals surface area contributed by atoms with Crippen molar-refractivity contribution in [2.45, 2.75) is 84.4 Å². The number of aromatic nitrogens is 3. The highest BCUT2D eigenvalue weighted by Gasteiger charge is 2.58. The molecule has 6 atom stereocenters. The molecule has 4 aliphatic carbocycles. The largest absolute Gasteiger partial charge is 0.461 e. The summed E-state index contributed by atoms with van der Waals surface area (Å²) in [5.41, 5.74) is 2.77. The van der Waals surface area contributed by atoms with Crippen LogP contribution in [-0.4, -0.2) is 44.5 Å². The average Bonchev–Trinajstić information content (AvgIpc) is 3.60. The number of hydrogen-bond donors (Lipinski definition) is 0. The minimum atomic E-state index is -0.608. The zero-order valence-corrected chi connectivity index (χ0v) is 25.6. The van der Waals surface area contributed by atoms with Gasteiger partial charge in [0.05, 0.1) is 24.0 Å². The maximum atomic E-state index is 12.9. The Hall–Kier alpha value is -3.14. The van der Waals surface area contributed by atoms with Crippen molar-refractivity contribution in [1.29, 1.82) is 0 Å². The van der Waals surface area contributed by atoms with Crippen molar-refractivity contribution in [1.82, 2.24) is 15.0 Å². The molecule has 220 valence electrons. The van der Waals surface area contributed by atoms with Gasteiger partial charge in [-0.25, -0.2) is 4.68 Å². The number of halogens is 1. The third-order valence-corrected chi connectivity index (χ3v) is 11.7. The summed E-state index contributed by atoms with van der Waals surface area (Å²) < 4.78 is 8.07. The number of allylic oxidation sites excluding steroid dienone is 1. The van der Waals surface area contributed by atoms with E-state index in [0.717, 1.165) is 55.8 Å². The number of rotatable bonds is 5. The molecule has 0 unspecified atom stereocenters. The Labute approximate surface area is 253 Å². The first-order chi connectivity index (χ1) is 20.1. The van der Waals surface area contributed by atoms with E-state index in [2.05, 4.69) is 46.2 Å². The Bertz CT molecular complexity index is 1550. The predicted octanol–water partition coefficient (Wildman–Crippen LogP) is 5.21. The van der Waals surface area contributed by atoms with Crippen LogP contribution in [0.5, 0.6) is 0 Å². The number of Topliss-reactive ketones (excluding diaryl/α,β-unsaturated/α-hetero) is 2. The van der Waals surface area contributed by atoms with Crippen LogP contribution in [0.1, 0.15) is 81.3 Å². The van der Waals surface area contributed by atoms with Crippen LogP contribution in [0.3, 0.4) is 0 Å². The van der Waals surface area contributed by atoms with Gasteiger partial charge in [-0.3, -0.25) is 24.1 Å². The van der Waals surface area contributed by atoms with Gasteiger partial charge in [0.2, 0.25) is 0 Å². The molecule has 42 heavy (non-hydrogen) atoms. The molecule has 2 aromatic rings. The number of nitrogens with zero attached hydrogens (tertiary/aromatic N) is 4. The Morgan fingerprint density at radius 1 is 1.10 bits per heavy atom. The molecule has 1 amide bonds. The van der Waals surface area contributed by atoms with Crippen LogP contribution in [0.4, 0.5) is 5.69 Å². The molecule has 2 heterocycles. The van der Waals surface area contributed by atoms with Gasteiger partial charge in [-0.15, -0.1) is 5.10 Å². The highest BCUT2D eigenvalue weighted by Crippen LogP contribution is 2.64. The number of fused-ring (bicyclic) bond motifs is 6. The lowest BCUT2D eigenvalue weighted by Crippen LogP contribution is -2.50. The normalized spacial score (nSPS) is 33.5. The standard InChI is InChI=1S/C32H35BrN4O5/c1-31-11-9-21(13-18(31)3-5-22-24-6-8-27(38)32(24,2)12-10-25(22)31)42-28(39)17-36-15-20(34-35-36)16-37-26-7-4-19(33)14-23(26)29(40)30(37)41/h3-4,7,14-15,21-22,24-25H,5-6,8-13,16-17H2,1-2H3/t21-,22-,24-,25-,31-,32-/m0/s1. The number of carbonyl (C=O) groups is 4. The van der Waals surface area contributed by atoms with Crippen LogP contribution in [0, 0.1) is 28.6 Å². The Morgan fingerprint density at radius 3 is 2.71 bits per heavy atom. The number of benzene rings is 1. The van der Waals surface area contributed by atoms with Crippen LogP contribution >= 0.6 is 15.9 Å². The van der Waals surface area contributed by atoms with E-state index in [9.17, 15) is 19.2 Å². The molecule has 0 spiro atoms. The third kappa shape index (κ3) is 4.31. The molecule has 7 rings (SSSR count). The number of esters is 1. The molecule has 0 radical (unpaired) electrons. The minimum Gasteiger partial charge on any atom is -0.461 e. The van der Waals surface area contributed by atoms with E-state index in [1.54, 1.807) is 24.4 Å². The van der Waals surface area contributed by atoms with E-state index in [0.29, 0.717) is 40.5 Å². The molecule has 3 saturated carbocycles. The number of amides is 1. The van der Waals surface area contributed by atoms with Crippen LogP contribution in [-0.2, 0) is 32.2 Å². The van der Waals surface area contributed by atoms with Crippen molar-refractivity contribution >= 4 is 45.1 Å². The Morgan fingerprint density at radius 2 is 1.88 bits per heavy atom. The lowest BCUT2D eigenvalue weighted by molar-refractivity contribution is -0.152. The van der Waals surface area contributed by atoms with Crippen molar-refractivity contribution in [2.24, 2.45) is 28.6 Å². The van der Waals surface area contributed by atoms with Crippen molar-refractivity contribution in [3.8, 4) is 0 Å². The summed E-state index contributed by atoms with van der Waals surface area (Å²) in [6.07, 6.45) is 11.3. The molecule has 1 aromatic carbocycles. The van der Waals surface area contributed by atoms with E-state index < -0.39 is 11.7 Å². The van der Waals surface area contributed by atoms with Gasteiger partial charge >= 0.3 is 5.97 Å². The fraction of sp³-hybridized carbons (Fsp3) is 0.562. The fourth-order valence-electron chi connectivity index (χ4n) is 8.93. The van der Waals surface area contributed by atoms with Gasteiger partial charge in [0.15, 0.2) is 0 Å². The van der Waals surface area contributed by atoms with Crippen LogP contribution in [0.2, 0.25) is 0 Å². The van der Waals surface area contributed by atoms with E-state index >= 15 is 0 Å². The molecular weight excluding hydrogens is 600 g/mol. The summed E-state index contributed by atoms with van der Waals surface area (Å²) in [6, 6.07) is 5.14. The summed E-state index contributed by atoms with van der Waals surface area (Å²) in [5.74, 6) is 0.623. The van der Waals surface area contributed by atoms with Crippen LogP contribution in [0.15, 0.2) is 40.5 Å². The number of hydrogen-bond acceptors (Lipinski definition) is 7. The van der Waals surface area contributed by atoms with Crippen LogP contribution in [0.25, 0.3) is 0 Å². The first kappa shape index (κ1) is 27.7. The zero-order chi connectivity index (χ0) is 29.4. The summed E-state index contributed by atoms with van der Waals surface area (Å²) >= 11 is 3.34. The summed E-state index contributed by atoms with van der Waals surface area (Å²) in [4.78, 5) is 52.0. The maximum absolute atomic E-state index is 12.9. The lowest BCUT2D eigenvalue weighted by Gasteiger charge is -2.56. The first-order valence-corrected chi connectivity index (χ1v) is 15.8. The molecule has 0 saturated heterocycles. The fourth-order valence-corrected chi connectivity index (χ4v) is 9.30. The summed E-state index contributed by atoms with van der Waals surface area (Å²) in [5, 5.41) is 8.19. The van der Waals surface area contributed by atoms with Crippen molar-refractivity contribution in [3.05, 3.63) is 51.8 Å². The number of ketones is 2. The van der Waals surface area contributed by atoms with Gasteiger partial charge in [-0.05, 0) is 79.9 Å². The summed E-state index contributed by atoms with van der Waals surface area (Å²) in [7, 11) is 0. The molecule has 5 aliphatic rings. The predicted molar refractivity (Wildman–Crippen MR) is 156 cm³/mol. The second kappa shape index (κ2) is 9.96. The highest BCUT2D eigenvalue weighted by atomic mass is 79.9. The molecule has 0 N–H and O–H groups in total. The Balaban J connectivity index is 0.971. The molecule has 1 aliphatic heterocycles. The summed E-state index contributed by atoms with van der Waals surface area (Å²) in [6.45, 7) is 4.62. The second-order valence-electron chi connectivity index (χ2n) is 13.3. The van der Waals surface area contributed by atoms with E-state index in [-0.39, 0.29) is 36.0 Å². The number of ether oxygens (including phenoxy) is 1. The van der Waals surface area contributed by atoms with Crippen LogP contribution < -0.4 is 4.90 Å². The SMILES string of the molecule is C[C@]12CC[C@H](OC(=O)Cn3cc(CN4C(=O)C(=O)c5cc(Br)ccc54)nn3)CC1=CC[C@@H]1[C@@H]2CC[C@]2(C)C(=O)CC[C@@H]12. The topological polar surface area (TPSA) is 111 Å². The molecule has 0 bridgehead atoms. The lowest BCUT2D eigenvalue weighted by atomic mass is 9.48. The number of carbonyl (C=O) groups excluding carboxylic acids is 4. The molecular formula is C32H35BrN4O5. The van der Waals surface area contributed by atoms with Crippen molar-refractivity contribution in [3.63, 3.8) is 0 Å². The van der Waals surface area contributed by atoms with Gasteiger partial charge in [-0.1, -0.05) is 46.6 Å². The van der Waals surface area contributed by atoms with E-state index in [1.165, 1.54) is 15.2 Å². The molecule has 3 fully saturated rings. The third-order valence-electron chi connectivity index (χ3n) is 11.2. The first-order valence-electron chi connectivity index (χ1n) is 15.0. The van der Waals surface area contributed by atoms with Crippen molar-refractivity contribution < 1.29 is 23.9 Å². The minimum absolute atomic E-state index is 0.0742. The maximum Gasteiger partial charge on any atom is 0.328 e.